The Kier molecular flexibility index (Phi) is 4.38. The number of halogens is 1. The number of hydrogen-bond donors (Lipinski definition) is 2. The number of carbonyl (C=O) groups is 1. The Morgan fingerprint density at radius 1 is 1.39 bits per heavy atom. The summed E-state index contributed by atoms with van der Waals surface area (Å²) in [6, 6.07) is 9.55. The van der Waals surface area contributed by atoms with Gasteiger partial charge in [-0.3, -0.25) is 4.79 Å². The normalized spacial score (nSPS) is 10.1. The Labute approximate surface area is 118 Å². The lowest BCUT2D eigenvalue weighted by molar-refractivity contribution is 0.0963. The van der Waals surface area contributed by atoms with Crippen molar-refractivity contribution in [1.82, 2.24) is 5.32 Å². The van der Waals surface area contributed by atoms with Gasteiger partial charge in [0.25, 0.3) is 5.91 Å². The average molecular weight is 325 g/mol. The molecule has 0 saturated carbocycles. The summed E-state index contributed by atoms with van der Waals surface area (Å²) in [4.78, 5) is 11.5. The third-order valence-corrected chi connectivity index (χ3v) is 4.02. The minimum Gasteiger partial charge on any atom is -0.381 e. The number of benzene rings is 1. The Hall–Kier alpha value is -1.33. The Balaban J connectivity index is 2.03. The quantitative estimate of drug-likeness (QED) is 0.904. The predicted octanol–water partition coefficient (Wildman–Crippen LogP) is 3.48. The SMILES string of the molecule is CNC(=O)c1cccc(NCc2csc(Br)c2)c1. The van der Waals surface area contributed by atoms with Crippen molar-refractivity contribution in [3.63, 3.8) is 0 Å². The molecular formula is C13H13BrN2OS. The van der Waals surface area contributed by atoms with Gasteiger partial charge in [-0.1, -0.05) is 6.07 Å². The standard InChI is InChI=1S/C13H13BrN2OS/c1-15-13(17)10-3-2-4-11(6-10)16-7-9-5-12(14)18-8-9/h2-6,8,16H,7H2,1H3,(H,15,17). The third kappa shape index (κ3) is 3.34. The zero-order chi connectivity index (χ0) is 13.0. The first kappa shape index (κ1) is 13.1. The number of anilines is 1. The lowest BCUT2D eigenvalue weighted by Crippen LogP contribution is -2.17. The van der Waals surface area contributed by atoms with Gasteiger partial charge in [-0.2, -0.15) is 0 Å². The molecule has 0 aliphatic heterocycles. The van der Waals surface area contributed by atoms with E-state index in [1.54, 1.807) is 24.5 Å². The molecule has 2 rings (SSSR count). The maximum absolute atomic E-state index is 11.5. The highest BCUT2D eigenvalue weighted by Gasteiger charge is 2.03. The topological polar surface area (TPSA) is 41.1 Å². The van der Waals surface area contributed by atoms with Crippen molar-refractivity contribution in [3.05, 3.63) is 50.6 Å². The van der Waals surface area contributed by atoms with E-state index in [9.17, 15) is 4.79 Å². The van der Waals surface area contributed by atoms with Gasteiger partial charge in [0, 0.05) is 24.8 Å². The molecule has 0 atom stereocenters. The molecule has 0 fully saturated rings. The molecule has 1 heterocycles. The monoisotopic (exact) mass is 324 g/mol. The summed E-state index contributed by atoms with van der Waals surface area (Å²) < 4.78 is 1.12. The maximum Gasteiger partial charge on any atom is 0.251 e. The van der Waals surface area contributed by atoms with Crippen molar-refractivity contribution in [2.75, 3.05) is 12.4 Å². The van der Waals surface area contributed by atoms with Gasteiger partial charge in [0.15, 0.2) is 0 Å². The molecule has 5 heteroatoms. The van der Waals surface area contributed by atoms with Crippen LogP contribution in [0.1, 0.15) is 15.9 Å². The molecule has 1 amide bonds. The number of carbonyl (C=O) groups excluding carboxylic acids is 1. The van der Waals surface area contributed by atoms with Crippen molar-refractivity contribution in [2.45, 2.75) is 6.54 Å². The van der Waals surface area contributed by atoms with Gasteiger partial charge in [-0.05, 0) is 51.1 Å². The van der Waals surface area contributed by atoms with Gasteiger partial charge >= 0.3 is 0 Å². The van der Waals surface area contributed by atoms with Crippen LogP contribution in [0.5, 0.6) is 0 Å². The lowest BCUT2D eigenvalue weighted by atomic mass is 10.2. The molecule has 94 valence electrons. The van der Waals surface area contributed by atoms with Gasteiger partial charge in [0.05, 0.1) is 3.79 Å². The van der Waals surface area contributed by atoms with E-state index in [1.807, 2.05) is 18.2 Å². The van der Waals surface area contributed by atoms with Crippen LogP contribution in [0.3, 0.4) is 0 Å². The second kappa shape index (κ2) is 6.02. The largest absolute Gasteiger partial charge is 0.381 e. The zero-order valence-electron chi connectivity index (χ0n) is 9.87. The summed E-state index contributed by atoms with van der Waals surface area (Å²) in [7, 11) is 1.63. The molecule has 0 saturated heterocycles. The first-order valence-corrected chi connectivity index (χ1v) is 7.15. The smallest absolute Gasteiger partial charge is 0.251 e. The number of nitrogens with one attached hydrogen (secondary N) is 2. The fraction of sp³-hybridized carbons (Fsp3) is 0.154. The average Bonchev–Trinajstić information content (AvgIpc) is 2.81. The number of thiophene rings is 1. The Bertz CT molecular complexity index is 553. The van der Waals surface area contributed by atoms with Crippen LogP contribution in [0.25, 0.3) is 0 Å². The Morgan fingerprint density at radius 2 is 2.22 bits per heavy atom. The van der Waals surface area contributed by atoms with E-state index in [4.69, 9.17) is 0 Å². The van der Waals surface area contributed by atoms with Crippen molar-refractivity contribution in [3.8, 4) is 0 Å². The van der Waals surface area contributed by atoms with Crippen LogP contribution >= 0.6 is 27.3 Å². The second-order valence-corrected chi connectivity index (χ2v) is 6.06. The third-order valence-electron chi connectivity index (χ3n) is 2.47. The molecule has 3 nitrogen and oxygen atoms in total. The van der Waals surface area contributed by atoms with Crippen LogP contribution in [0.4, 0.5) is 5.69 Å². The highest BCUT2D eigenvalue weighted by atomic mass is 79.9. The molecule has 1 aromatic carbocycles. The van der Waals surface area contributed by atoms with Crippen LogP contribution in [0, 0.1) is 0 Å². The molecule has 0 aliphatic carbocycles. The molecule has 2 aromatic rings. The molecule has 0 aliphatic rings. The number of rotatable bonds is 4. The zero-order valence-corrected chi connectivity index (χ0v) is 12.3. The van der Waals surface area contributed by atoms with Gasteiger partial charge in [0.2, 0.25) is 0 Å². The summed E-state index contributed by atoms with van der Waals surface area (Å²) in [6.07, 6.45) is 0. The molecule has 0 unspecified atom stereocenters. The van der Waals surface area contributed by atoms with Crippen LogP contribution in [0.15, 0.2) is 39.5 Å². The summed E-state index contributed by atoms with van der Waals surface area (Å²) in [5.41, 5.74) is 2.82. The first-order valence-electron chi connectivity index (χ1n) is 5.48. The van der Waals surface area contributed by atoms with Gasteiger partial charge < -0.3 is 10.6 Å². The summed E-state index contributed by atoms with van der Waals surface area (Å²) in [5.74, 6) is -0.0723. The van der Waals surface area contributed by atoms with E-state index in [2.05, 4.69) is 38.0 Å². The first-order chi connectivity index (χ1) is 8.69. The van der Waals surface area contributed by atoms with Gasteiger partial charge in [-0.15, -0.1) is 11.3 Å². The van der Waals surface area contributed by atoms with Crippen molar-refractivity contribution in [2.24, 2.45) is 0 Å². The predicted molar refractivity (Wildman–Crippen MR) is 79.2 cm³/mol. The van der Waals surface area contributed by atoms with Gasteiger partial charge in [0.1, 0.15) is 0 Å². The van der Waals surface area contributed by atoms with Crippen molar-refractivity contribution in [1.29, 1.82) is 0 Å². The maximum atomic E-state index is 11.5. The van der Waals surface area contributed by atoms with E-state index in [0.717, 1.165) is 16.0 Å². The molecule has 2 N–H and O–H groups in total. The summed E-state index contributed by atoms with van der Waals surface area (Å²) in [6.45, 7) is 0.749. The lowest BCUT2D eigenvalue weighted by Gasteiger charge is -2.07. The van der Waals surface area contributed by atoms with E-state index in [1.165, 1.54) is 5.56 Å². The second-order valence-electron chi connectivity index (χ2n) is 3.77. The molecule has 0 spiro atoms. The van der Waals surface area contributed by atoms with Crippen LogP contribution in [-0.2, 0) is 6.54 Å². The number of amides is 1. The van der Waals surface area contributed by atoms with E-state index < -0.39 is 0 Å². The molecule has 18 heavy (non-hydrogen) atoms. The van der Waals surface area contributed by atoms with Crippen molar-refractivity contribution >= 4 is 38.9 Å². The van der Waals surface area contributed by atoms with Crippen LogP contribution < -0.4 is 10.6 Å². The van der Waals surface area contributed by atoms with E-state index in [-0.39, 0.29) is 5.91 Å². The van der Waals surface area contributed by atoms with Crippen molar-refractivity contribution < 1.29 is 4.79 Å². The molecular weight excluding hydrogens is 312 g/mol. The summed E-state index contributed by atoms with van der Waals surface area (Å²) >= 11 is 5.10. The van der Waals surface area contributed by atoms with Crippen LogP contribution in [-0.4, -0.2) is 13.0 Å². The molecule has 0 bridgehead atoms. The highest BCUT2D eigenvalue weighted by Crippen LogP contribution is 2.21. The van der Waals surface area contributed by atoms with E-state index >= 15 is 0 Å². The Morgan fingerprint density at radius 3 is 2.89 bits per heavy atom. The van der Waals surface area contributed by atoms with E-state index in [0.29, 0.717) is 5.56 Å². The van der Waals surface area contributed by atoms with Crippen LogP contribution in [0.2, 0.25) is 0 Å². The minimum atomic E-state index is -0.0723. The highest BCUT2D eigenvalue weighted by molar-refractivity contribution is 9.11. The molecule has 0 radical (unpaired) electrons. The fourth-order valence-electron chi connectivity index (χ4n) is 1.56. The minimum absolute atomic E-state index is 0.0723. The molecule has 1 aromatic heterocycles. The fourth-order valence-corrected chi connectivity index (χ4v) is 2.77. The number of hydrogen-bond acceptors (Lipinski definition) is 3. The van der Waals surface area contributed by atoms with Gasteiger partial charge in [-0.25, -0.2) is 0 Å². The summed E-state index contributed by atoms with van der Waals surface area (Å²) in [5, 5.41) is 8.01.